The van der Waals surface area contributed by atoms with Crippen molar-refractivity contribution in [3.8, 4) is 5.75 Å². The fourth-order valence-corrected chi connectivity index (χ4v) is 2.60. The number of para-hydroxylation sites is 1. The molecule has 6 nitrogen and oxygen atoms in total. The summed E-state index contributed by atoms with van der Waals surface area (Å²) in [6, 6.07) is 10.9. The second-order valence-corrected chi connectivity index (χ2v) is 5.27. The van der Waals surface area contributed by atoms with Crippen LogP contribution in [0.5, 0.6) is 5.75 Å². The molecule has 3 N–H and O–H groups in total. The number of nitrogens with one attached hydrogen (secondary N) is 1. The minimum atomic E-state index is -0.660. The molecule has 21 heavy (non-hydrogen) atoms. The number of pyridine rings is 1. The zero-order valence-corrected chi connectivity index (χ0v) is 12.2. The van der Waals surface area contributed by atoms with Crippen LogP contribution in [-0.2, 0) is 5.54 Å². The van der Waals surface area contributed by atoms with Crippen LogP contribution >= 0.6 is 0 Å². The van der Waals surface area contributed by atoms with Gasteiger partial charge in [0.05, 0.1) is 5.69 Å². The van der Waals surface area contributed by atoms with E-state index in [0.717, 1.165) is 5.69 Å². The number of hydrogen-bond acceptors (Lipinski definition) is 5. The Morgan fingerprint density at radius 3 is 2.90 bits per heavy atom. The van der Waals surface area contributed by atoms with Gasteiger partial charge in [0.15, 0.2) is 0 Å². The Morgan fingerprint density at radius 1 is 1.38 bits per heavy atom. The summed E-state index contributed by atoms with van der Waals surface area (Å²) in [7, 11) is 2.97. The van der Waals surface area contributed by atoms with E-state index >= 15 is 0 Å². The maximum Gasteiger partial charge on any atom is 0.523 e. The molecule has 1 aromatic carbocycles. The van der Waals surface area contributed by atoms with Gasteiger partial charge in [0.25, 0.3) is 0 Å². The van der Waals surface area contributed by atoms with Gasteiger partial charge in [0, 0.05) is 18.8 Å². The predicted octanol–water partition coefficient (Wildman–Crippen LogP) is 1.23. The number of nitrogens with two attached hydrogens (primary N) is 1. The van der Waals surface area contributed by atoms with Gasteiger partial charge in [-0.15, -0.1) is 0 Å². The van der Waals surface area contributed by atoms with Crippen LogP contribution < -0.4 is 15.8 Å². The third-order valence-corrected chi connectivity index (χ3v) is 3.81. The molecule has 7 heteroatoms. The molecule has 1 aliphatic rings. The van der Waals surface area contributed by atoms with E-state index in [9.17, 15) is 5.21 Å². The molecule has 0 spiro atoms. The summed E-state index contributed by atoms with van der Waals surface area (Å²) in [5.74, 6) is 0.617. The molecular weight excluding hydrogens is 284 g/mol. The van der Waals surface area contributed by atoms with Gasteiger partial charge < -0.3 is 21.0 Å². The van der Waals surface area contributed by atoms with Crippen molar-refractivity contribution in [3.05, 3.63) is 53.5 Å². The highest BCUT2D eigenvalue weighted by Crippen LogP contribution is 2.41. The highest BCUT2D eigenvalue weighted by atomic mass is 28.1. The summed E-state index contributed by atoms with van der Waals surface area (Å²) < 4.78 is 6.42. The molecule has 0 fully saturated rings. The number of ether oxygens (including phenoxy) is 1. The van der Waals surface area contributed by atoms with Gasteiger partial charge in [-0.2, -0.15) is 0 Å². The molecule has 0 amide bonds. The molecule has 1 atom stereocenters. The van der Waals surface area contributed by atoms with E-state index in [2.05, 4.69) is 20.3 Å². The summed E-state index contributed by atoms with van der Waals surface area (Å²) in [5, 5.41) is 15.0. The van der Waals surface area contributed by atoms with Crippen LogP contribution in [0.3, 0.4) is 0 Å². The minimum Gasteiger partial charge on any atom is -0.638 e. The Labute approximate surface area is 125 Å². The van der Waals surface area contributed by atoms with Crippen LogP contribution in [0.4, 0.5) is 11.4 Å². The summed E-state index contributed by atoms with van der Waals surface area (Å²) in [4.78, 5) is 4.37. The average Bonchev–Trinajstić information content (AvgIpc) is 2.54. The van der Waals surface area contributed by atoms with Crippen molar-refractivity contribution >= 4 is 21.4 Å². The molecule has 0 bridgehead atoms. The number of hydrogen-bond donors (Lipinski definition) is 2. The third kappa shape index (κ3) is 2.30. The SMILES string of the molecule is NCC1(c2ccccn2)COc2cccc([N+]([O-])=[Si])c2N1. The highest BCUT2D eigenvalue weighted by Gasteiger charge is 2.39. The van der Waals surface area contributed by atoms with Crippen LogP contribution in [0.25, 0.3) is 0 Å². The van der Waals surface area contributed by atoms with Crippen molar-refractivity contribution in [1.29, 1.82) is 0 Å². The highest BCUT2D eigenvalue weighted by molar-refractivity contribution is 5.88. The lowest BCUT2D eigenvalue weighted by Gasteiger charge is -2.38. The van der Waals surface area contributed by atoms with Crippen LogP contribution in [-0.4, -0.2) is 32.6 Å². The first-order valence-electron chi connectivity index (χ1n) is 6.50. The zero-order chi connectivity index (χ0) is 14.9. The molecule has 3 rings (SSSR count). The third-order valence-electron chi connectivity index (χ3n) is 3.57. The molecule has 2 radical (unpaired) electrons. The van der Waals surface area contributed by atoms with Gasteiger partial charge in [0.1, 0.15) is 23.6 Å². The molecule has 1 aliphatic heterocycles. The Kier molecular flexibility index (Phi) is 3.44. The van der Waals surface area contributed by atoms with Gasteiger partial charge >= 0.3 is 10.0 Å². The van der Waals surface area contributed by atoms with Gasteiger partial charge in [-0.1, -0.05) is 12.1 Å². The second kappa shape index (κ2) is 5.26. The maximum absolute atomic E-state index is 11.6. The van der Waals surface area contributed by atoms with Crippen molar-refractivity contribution in [2.45, 2.75) is 5.54 Å². The summed E-state index contributed by atoms with van der Waals surface area (Å²) in [5.41, 5.74) is 7.11. The number of fused-ring (bicyclic) bond motifs is 1. The van der Waals surface area contributed by atoms with Crippen LogP contribution in [0.15, 0.2) is 42.6 Å². The number of anilines is 1. The monoisotopic (exact) mass is 298 g/mol. The van der Waals surface area contributed by atoms with Crippen LogP contribution in [0.2, 0.25) is 0 Å². The molecular formula is C14H14N4O2Si. The van der Waals surface area contributed by atoms with E-state index in [1.165, 1.54) is 0 Å². The van der Waals surface area contributed by atoms with E-state index in [1.807, 2.05) is 18.2 Å². The average molecular weight is 298 g/mol. The number of nitrogens with zero attached hydrogens (tertiary/aromatic N) is 2. The van der Waals surface area contributed by atoms with Crippen molar-refractivity contribution < 1.29 is 9.12 Å². The van der Waals surface area contributed by atoms with E-state index < -0.39 is 5.54 Å². The van der Waals surface area contributed by atoms with Gasteiger partial charge in [0.2, 0.25) is 5.69 Å². The molecule has 0 saturated carbocycles. The fourth-order valence-electron chi connectivity index (χ4n) is 2.41. The molecule has 106 valence electrons. The van der Waals surface area contributed by atoms with Gasteiger partial charge in [-0.05, 0) is 18.2 Å². The summed E-state index contributed by atoms with van der Waals surface area (Å²) in [6.07, 6.45) is 1.71. The lowest BCUT2D eigenvalue weighted by Crippen LogP contribution is -2.50. The normalized spacial score (nSPS) is 20.0. The molecule has 0 aliphatic carbocycles. The molecule has 0 saturated heterocycles. The number of rotatable bonds is 3. The van der Waals surface area contributed by atoms with Crippen molar-refractivity contribution in [2.75, 3.05) is 18.5 Å². The van der Waals surface area contributed by atoms with E-state index in [-0.39, 0.29) is 0 Å². The minimum absolute atomic E-state index is 0.290. The predicted molar refractivity (Wildman–Crippen MR) is 79.6 cm³/mol. The van der Waals surface area contributed by atoms with Crippen molar-refractivity contribution in [2.24, 2.45) is 5.73 Å². The number of aromatic nitrogens is 1. The molecule has 2 heterocycles. The van der Waals surface area contributed by atoms with Gasteiger partial charge in [-0.3, -0.25) is 4.98 Å². The first kappa shape index (κ1) is 13.7. The van der Waals surface area contributed by atoms with Crippen molar-refractivity contribution in [3.63, 3.8) is 0 Å². The summed E-state index contributed by atoms with van der Waals surface area (Å²) in [6.45, 7) is 0.635. The van der Waals surface area contributed by atoms with Crippen LogP contribution in [0, 0.1) is 5.21 Å². The molecule has 1 unspecified atom stereocenters. The van der Waals surface area contributed by atoms with E-state index in [1.54, 1.807) is 24.4 Å². The topological polar surface area (TPSA) is 86.2 Å². The number of benzene rings is 1. The first-order chi connectivity index (χ1) is 10.2. The Hall–Kier alpha value is -2.25. The van der Waals surface area contributed by atoms with Gasteiger partial charge in [-0.25, -0.2) is 4.38 Å². The van der Waals surface area contributed by atoms with E-state index in [0.29, 0.717) is 34.7 Å². The quantitative estimate of drug-likeness (QED) is 0.657. The second-order valence-electron chi connectivity index (χ2n) is 4.86. The maximum atomic E-state index is 11.6. The lowest BCUT2D eigenvalue weighted by molar-refractivity contribution is -0.339. The van der Waals surface area contributed by atoms with Crippen molar-refractivity contribution in [1.82, 2.24) is 4.98 Å². The summed E-state index contributed by atoms with van der Waals surface area (Å²) >= 11 is 0. The molecule has 2 aromatic rings. The fraction of sp³-hybridized carbons (Fsp3) is 0.214. The Bertz CT molecular complexity index is 680. The Balaban J connectivity index is 2.08. The largest absolute Gasteiger partial charge is 0.638 e. The Morgan fingerprint density at radius 2 is 2.24 bits per heavy atom. The lowest BCUT2D eigenvalue weighted by atomic mass is 9.93. The van der Waals surface area contributed by atoms with E-state index in [4.69, 9.17) is 10.5 Å². The standard InChI is InChI=1S/C14H14N4O2Si/c15-8-14(12-6-1-2-7-16-12)9-20-11-5-3-4-10(18(19)21)13(11)17-14/h1-7,17H,8-9,15H2. The molecule has 1 aromatic heterocycles. The van der Waals surface area contributed by atoms with Crippen LogP contribution in [0.1, 0.15) is 5.69 Å². The zero-order valence-electron chi connectivity index (χ0n) is 11.2. The smallest absolute Gasteiger partial charge is 0.523 e. The first-order valence-corrected chi connectivity index (χ1v) is 6.95.